The van der Waals surface area contributed by atoms with Crippen LogP contribution in [0.25, 0.3) is 21.2 Å². The molecule has 11 heteroatoms. The summed E-state index contributed by atoms with van der Waals surface area (Å²) in [6, 6.07) is 12.8. The van der Waals surface area contributed by atoms with Crippen molar-refractivity contribution < 1.29 is 41.8 Å². The average molecular weight is 493 g/mol. The Morgan fingerprint density at radius 2 is 1.79 bits per heavy atom. The number of benzene rings is 2. The SMILES string of the molecule is CCOC(=O)c1oc2ccccc2c1COC(=O)C[C@](O)(c1nc2ccccc2s1)C(F)(F)F. The van der Waals surface area contributed by atoms with Crippen LogP contribution in [-0.2, 0) is 26.5 Å². The van der Waals surface area contributed by atoms with Crippen LogP contribution < -0.4 is 0 Å². The Kier molecular flexibility index (Phi) is 6.32. The number of furan rings is 1. The third-order valence-corrected chi connectivity index (χ3v) is 6.24. The summed E-state index contributed by atoms with van der Waals surface area (Å²) >= 11 is 0.638. The molecule has 2 aromatic heterocycles. The fourth-order valence-corrected chi connectivity index (χ4v) is 4.44. The molecule has 0 fully saturated rings. The van der Waals surface area contributed by atoms with Gasteiger partial charge in [-0.1, -0.05) is 30.3 Å². The summed E-state index contributed by atoms with van der Waals surface area (Å²) in [5.74, 6) is -2.35. The van der Waals surface area contributed by atoms with Crippen molar-refractivity contribution in [3.8, 4) is 0 Å². The van der Waals surface area contributed by atoms with E-state index in [9.17, 15) is 27.9 Å². The molecular formula is C23H18F3NO6S. The Morgan fingerprint density at radius 3 is 2.50 bits per heavy atom. The van der Waals surface area contributed by atoms with E-state index in [0.717, 1.165) is 0 Å². The fraction of sp³-hybridized carbons (Fsp3) is 0.261. The summed E-state index contributed by atoms with van der Waals surface area (Å²) in [5, 5.41) is 10.3. The summed E-state index contributed by atoms with van der Waals surface area (Å²) in [6.07, 6.45) is -6.61. The maximum Gasteiger partial charge on any atom is 0.424 e. The smallest absolute Gasteiger partial charge is 0.424 e. The highest BCUT2D eigenvalue weighted by Gasteiger charge is 2.58. The maximum absolute atomic E-state index is 13.9. The molecule has 1 N–H and O–H groups in total. The number of fused-ring (bicyclic) bond motifs is 2. The van der Waals surface area contributed by atoms with E-state index < -0.39 is 41.8 Å². The first-order valence-electron chi connectivity index (χ1n) is 10.1. The standard InChI is InChI=1S/C23H18F3NO6S/c1-2-31-20(29)19-14(13-7-3-5-9-16(13)33-19)12-32-18(28)11-22(30,23(24,25)26)21-27-15-8-4-6-10-17(15)34-21/h3-10,30H,2,11-12H2,1H3/t22-/m0/s1. The largest absolute Gasteiger partial charge is 0.461 e. The number of rotatable bonds is 7. The predicted molar refractivity (Wildman–Crippen MR) is 116 cm³/mol. The van der Waals surface area contributed by atoms with Crippen LogP contribution in [-0.4, -0.2) is 34.8 Å². The topological polar surface area (TPSA) is 98.9 Å². The van der Waals surface area contributed by atoms with Gasteiger partial charge in [0.25, 0.3) is 0 Å². The summed E-state index contributed by atoms with van der Waals surface area (Å²) in [6.45, 7) is 1.11. The number of hydrogen-bond donors (Lipinski definition) is 1. The first-order valence-corrected chi connectivity index (χ1v) is 10.9. The van der Waals surface area contributed by atoms with E-state index in [0.29, 0.717) is 27.0 Å². The number of carbonyl (C=O) groups excluding carboxylic acids is 2. The fourth-order valence-electron chi connectivity index (χ4n) is 3.36. The van der Waals surface area contributed by atoms with Gasteiger partial charge >= 0.3 is 18.1 Å². The summed E-state index contributed by atoms with van der Waals surface area (Å²) < 4.78 is 57.6. The molecule has 1 atom stereocenters. The molecule has 4 rings (SSSR count). The van der Waals surface area contributed by atoms with Gasteiger partial charge < -0.3 is 19.0 Å². The van der Waals surface area contributed by atoms with Crippen molar-refractivity contribution in [2.24, 2.45) is 0 Å². The minimum absolute atomic E-state index is 0.0654. The van der Waals surface area contributed by atoms with Gasteiger partial charge in [-0.3, -0.25) is 4.79 Å². The van der Waals surface area contributed by atoms with Gasteiger partial charge in [-0.15, -0.1) is 11.3 Å². The molecule has 0 amide bonds. The van der Waals surface area contributed by atoms with Crippen LogP contribution >= 0.6 is 11.3 Å². The van der Waals surface area contributed by atoms with Gasteiger partial charge in [-0.2, -0.15) is 13.2 Å². The lowest BCUT2D eigenvalue weighted by Crippen LogP contribution is -2.44. The van der Waals surface area contributed by atoms with E-state index in [1.54, 1.807) is 49.4 Å². The summed E-state index contributed by atoms with van der Waals surface area (Å²) in [4.78, 5) is 28.6. The van der Waals surface area contributed by atoms with Crippen LogP contribution in [0.1, 0.15) is 34.5 Å². The van der Waals surface area contributed by atoms with E-state index >= 15 is 0 Å². The quantitative estimate of drug-likeness (QED) is 0.358. The second kappa shape index (κ2) is 9.07. The predicted octanol–water partition coefficient (Wildman–Crippen LogP) is 5.10. The molecule has 178 valence electrons. The zero-order valence-electron chi connectivity index (χ0n) is 17.7. The van der Waals surface area contributed by atoms with E-state index in [4.69, 9.17) is 13.9 Å². The van der Waals surface area contributed by atoms with Gasteiger partial charge in [0.2, 0.25) is 11.4 Å². The van der Waals surface area contributed by atoms with Crippen LogP contribution in [0, 0.1) is 0 Å². The van der Waals surface area contributed by atoms with Crippen molar-refractivity contribution in [1.82, 2.24) is 4.98 Å². The third kappa shape index (κ3) is 4.36. The van der Waals surface area contributed by atoms with Gasteiger partial charge in [0.15, 0.2) is 0 Å². The molecule has 0 aliphatic rings. The third-order valence-electron chi connectivity index (χ3n) is 5.05. The van der Waals surface area contributed by atoms with Gasteiger partial charge in [-0.05, 0) is 25.1 Å². The number of alkyl halides is 3. The minimum Gasteiger partial charge on any atom is -0.461 e. The monoisotopic (exact) mass is 493 g/mol. The van der Waals surface area contributed by atoms with E-state index in [1.165, 1.54) is 6.07 Å². The molecule has 34 heavy (non-hydrogen) atoms. The number of thiazole rings is 1. The van der Waals surface area contributed by atoms with Crippen LogP contribution in [0.3, 0.4) is 0 Å². The van der Waals surface area contributed by atoms with Crippen molar-refractivity contribution >= 4 is 44.5 Å². The highest BCUT2D eigenvalue weighted by atomic mass is 32.1. The van der Waals surface area contributed by atoms with Crippen LogP contribution in [0.4, 0.5) is 13.2 Å². The molecule has 2 heterocycles. The Balaban J connectivity index is 1.59. The second-order valence-corrected chi connectivity index (χ2v) is 8.34. The van der Waals surface area contributed by atoms with Crippen molar-refractivity contribution in [2.45, 2.75) is 31.7 Å². The summed E-state index contributed by atoms with van der Waals surface area (Å²) in [5.41, 5.74) is -2.81. The number of esters is 2. The van der Waals surface area contributed by atoms with Crippen LogP contribution in [0.2, 0.25) is 0 Å². The van der Waals surface area contributed by atoms with Crippen LogP contribution in [0.15, 0.2) is 52.9 Å². The van der Waals surface area contributed by atoms with E-state index in [1.807, 2.05) is 0 Å². The van der Waals surface area contributed by atoms with Gasteiger partial charge in [0, 0.05) is 5.39 Å². The van der Waals surface area contributed by atoms with E-state index in [-0.39, 0.29) is 23.4 Å². The molecule has 0 aliphatic carbocycles. The van der Waals surface area contributed by atoms with Crippen LogP contribution in [0.5, 0.6) is 0 Å². The Bertz CT molecular complexity index is 1330. The number of aliphatic hydroxyl groups is 1. The van der Waals surface area contributed by atoms with Crippen molar-refractivity contribution in [2.75, 3.05) is 6.61 Å². The molecule has 0 spiro atoms. The molecule has 0 radical (unpaired) electrons. The molecule has 0 saturated carbocycles. The first-order chi connectivity index (χ1) is 16.1. The molecule has 4 aromatic rings. The molecular weight excluding hydrogens is 475 g/mol. The molecule has 0 unspecified atom stereocenters. The van der Waals surface area contributed by atoms with Crippen molar-refractivity contribution in [3.63, 3.8) is 0 Å². The van der Waals surface area contributed by atoms with Crippen molar-refractivity contribution in [1.29, 1.82) is 0 Å². The molecule has 2 aromatic carbocycles. The lowest BCUT2D eigenvalue weighted by Gasteiger charge is -2.27. The Morgan fingerprint density at radius 1 is 1.09 bits per heavy atom. The zero-order valence-corrected chi connectivity index (χ0v) is 18.5. The highest BCUT2D eigenvalue weighted by Crippen LogP contribution is 2.44. The molecule has 0 saturated heterocycles. The summed E-state index contributed by atoms with van der Waals surface area (Å²) in [7, 11) is 0. The Labute approximate surface area is 194 Å². The minimum atomic E-state index is -5.20. The Hall–Kier alpha value is -3.44. The maximum atomic E-state index is 13.9. The highest BCUT2D eigenvalue weighted by molar-refractivity contribution is 7.18. The van der Waals surface area contributed by atoms with Gasteiger partial charge in [0.05, 0.1) is 28.8 Å². The van der Waals surface area contributed by atoms with Crippen molar-refractivity contribution in [3.05, 3.63) is 64.9 Å². The van der Waals surface area contributed by atoms with E-state index in [2.05, 4.69) is 4.98 Å². The number of halogens is 3. The average Bonchev–Trinajstić information content (AvgIpc) is 3.39. The second-order valence-electron chi connectivity index (χ2n) is 7.31. The normalized spacial score (nSPS) is 13.7. The van der Waals surface area contributed by atoms with Gasteiger partial charge in [-0.25, -0.2) is 9.78 Å². The number of carbonyl (C=O) groups is 2. The van der Waals surface area contributed by atoms with Gasteiger partial charge in [0.1, 0.15) is 17.2 Å². The first kappa shape index (κ1) is 23.7. The zero-order chi connectivity index (χ0) is 24.5. The molecule has 0 bridgehead atoms. The number of ether oxygens (including phenoxy) is 2. The number of para-hydroxylation sites is 2. The molecule has 7 nitrogen and oxygen atoms in total. The lowest BCUT2D eigenvalue weighted by atomic mass is 10.00. The number of hydrogen-bond acceptors (Lipinski definition) is 8. The molecule has 0 aliphatic heterocycles. The lowest BCUT2D eigenvalue weighted by molar-refractivity contribution is -0.269. The number of nitrogens with zero attached hydrogens (tertiary/aromatic N) is 1. The number of aromatic nitrogens is 1.